The van der Waals surface area contributed by atoms with Gasteiger partial charge in [0.05, 0.1) is 12.1 Å². The van der Waals surface area contributed by atoms with E-state index in [4.69, 9.17) is 4.74 Å². The second kappa shape index (κ2) is 9.40. The standard InChI is InChI=1S/C19H31FN4O2/c1-7-21-16(22-12-14-8-10-15(20)11-9-14)23-13-19(5,6)24-17(25)26-18(2,3)4/h8-11H,7,12-13H2,1-6H3,(H,24,25)(H2,21,22,23). The number of hydrogen-bond acceptors (Lipinski definition) is 3. The number of carbonyl (C=O) groups is 1. The third-order valence-corrected chi connectivity index (χ3v) is 3.21. The second-order valence-electron chi connectivity index (χ2n) is 7.69. The Balaban J connectivity index is 2.61. The zero-order chi connectivity index (χ0) is 19.8. The highest BCUT2D eigenvalue weighted by Crippen LogP contribution is 2.09. The lowest BCUT2D eigenvalue weighted by Crippen LogP contribution is -2.54. The summed E-state index contributed by atoms with van der Waals surface area (Å²) < 4.78 is 18.2. The summed E-state index contributed by atoms with van der Waals surface area (Å²) in [5.41, 5.74) is -0.164. The number of nitrogens with zero attached hydrogens (tertiary/aromatic N) is 1. The minimum atomic E-state index is -0.543. The van der Waals surface area contributed by atoms with E-state index in [9.17, 15) is 9.18 Å². The molecule has 7 heteroatoms. The maximum atomic E-state index is 13.0. The molecule has 146 valence electrons. The third-order valence-electron chi connectivity index (χ3n) is 3.21. The minimum absolute atomic E-state index is 0.266. The third kappa shape index (κ3) is 9.25. The van der Waals surface area contributed by atoms with E-state index >= 15 is 0 Å². The van der Waals surface area contributed by atoms with Gasteiger partial charge in [-0.25, -0.2) is 14.2 Å². The largest absolute Gasteiger partial charge is 0.444 e. The zero-order valence-electron chi connectivity index (χ0n) is 16.6. The Labute approximate surface area is 155 Å². The highest BCUT2D eigenvalue weighted by atomic mass is 19.1. The van der Waals surface area contributed by atoms with Crippen molar-refractivity contribution in [1.82, 2.24) is 16.0 Å². The fraction of sp³-hybridized carbons (Fsp3) is 0.579. The maximum absolute atomic E-state index is 13.0. The molecule has 0 fully saturated rings. The van der Waals surface area contributed by atoms with Crippen molar-refractivity contribution >= 4 is 12.1 Å². The summed E-state index contributed by atoms with van der Waals surface area (Å²) in [5, 5.41) is 9.20. The van der Waals surface area contributed by atoms with Gasteiger partial charge in [0, 0.05) is 13.1 Å². The highest BCUT2D eigenvalue weighted by molar-refractivity contribution is 5.80. The van der Waals surface area contributed by atoms with E-state index in [1.807, 2.05) is 41.5 Å². The van der Waals surface area contributed by atoms with Gasteiger partial charge in [-0.15, -0.1) is 0 Å². The molecule has 3 N–H and O–H groups in total. The monoisotopic (exact) mass is 366 g/mol. The van der Waals surface area contributed by atoms with E-state index in [1.54, 1.807) is 12.1 Å². The normalized spacial score (nSPS) is 12.5. The molecule has 1 aromatic rings. The number of hydrogen-bond donors (Lipinski definition) is 3. The molecule has 26 heavy (non-hydrogen) atoms. The van der Waals surface area contributed by atoms with Crippen LogP contribution in [0.5, 0.6) is 0 Å². The molecule has 0 atom stereocenters. The Hall–Kier alpha value is -2.31. The van der Waals surface area contributed by atoms with Crippen LogP contribution < -0.4 is 16.0 Å². The number of halogens is 1. The number of ether oxygens (including phenoxy) is 1. The lowest BCUT2D eigenvalue weighted by Gasteiger charge is -2.29. The van der Waals surface area contributed by atoms with Gasteiger partial charge in [-0.2, -0.15) is 0 Å². The molecule has 6 nitrogen and oxygen atoms in total. The summed E-state index contributed by atoms with van der Waals surface area (Å²) in [6, 6.07) is 6.24. The summed E-state index contributed by atoms with van der Waals surface area (Å²) in [7, 11) is 0. The molecule has 0 spiro atoms. The van der Waals surface area contributed by atoms with Gasteiger partial charge in [-0.05, 0) is 59.2 Å². The molecule has 0 aliphatic carbocycles. The first-order chi connectivity index (χ1) is 12.0. The predicted molar refractivity (Wildman–Crippen MR) is 103 cm³/mol. The topological polar surface area (TPSA) is 74.8 Å². The SMILES string of the molecule is CCNC(=NCc1ccc(F)cc1)NCC(C)(C)NC(=O)OC(C)(C)C. The molecule has 1 rings (SSSR count). The van der Waals surface area contributed by atoms with Gasteiger partial charge in [0.1, 0.15) is 11.4 Å². The number of carbonyl (C=O) groups excluding carboxylic acids is 1. The van der Waals surface area contributed by atoms with Crippen LogP contribution in [0, 0.1) is 5.82 Å². The number of benzene rings is 1. The second-order valence-corrected chi connectivity index (χ2v) is 7.69. The van der Waals surface area contributed by atoms with Crippen LogP contribution in [0.3, 0.4) is 0 Å². The number of amides is 1. The van der Waals surface area contributed by atoms with Crippen LogP contribution in [-0.2, 0) is 11.3 Å². The van der Waals surface area contributed by atoms with Crippen LogP contribution in [0.25, 0.3) is 0 Å². The summed E-state index contributed by atoms with van der Waals surface area (Å²) in [4.78, 5) is 16.4. The number of nitrogens with one attached hydrogen (secondary N) is 3. The van der Waals surface area contributed by atoms with Crippen molar-refractivity contribution < 1.29 is 13.9 Å². The summed E-state index contributed by atoms with van der Waals surface area (Å²) >= 11 is 0. The number of guanidine groups is 1. The van der Waals surface area contributed by atoms with E-state index in [0.717, 1.165) is 5.56 Å². The van der Waals surface area contributed by atoms with Gasteiger partial charge in [0.25, 0.3) is 0 Å². The first kappa shape index (κ1) is 21.7. The Morgan fingerprint density at radius 3 is 2.27 bits per heavy atom. The van der Waals surface area contributed by atoms with Crippen LogP contribution in [0.1, 0.15) is 47.1 Å². The van der Waals surface area contributed by atoms with Crippen molar-refractivity contribution in [3.05, 3.63) is 35.6 Å². The predicted octanol–water partition coefficient (Wildman–Crippen LogP) is 3.18. The Morgan fingerprint density at radius 2 is 1.73 bits per heavy atom. The van der Waals surface area contributed by atoms with E-state index in [2.05, 4.69) is 20.9 Å². The van der Waals surface area contributed by atoms with E-state index in [0.29, 0.717) is 25.6 Å². The molecular formula is C19H31FN4O2. The van der Waals surface area contributed by atoms with Gasteiger partial charge in [0.15, 0.2) is 5.96 Å². The molecule has 0 heterocycles. The molecule has 1 amide bonds. The Bertz CT molecular complexity index is 607. The van der Waals surface area contributed by atoms with Crippen LogP contribution in [0.15, 0.2) is 29.3 Å². The number of aliphatic imine (C=N–C) groups is 1. The van der Waals surface area contributed by atoms with Crippen LogP contribution in [0.4, 0.5) is 9.18 Å². The van der Waals surface area contributed by atoms with E-state index in [-0.39, 0.29) is 5.82 Å². The number of alkyl carbamates (subject to hydrolysis) is 1. The van der Waals surface area contributed by atoms with Gasteiger partial charge in [-0.3, -0.25) is 0 Å². The molecule has 0 unspecified atom stereocenters. The first-order valence-corrected chi connectivity index (χ1v) is 8.78. The minimum Gasteiger partial charge on any atom is -0.444 e. The van der Waals surface area contributed by atoms with Crippen molar-refractivity contribution in [1.29, 1.82) is 0 Å². The average molecular weight is 366 g/mol. The fourth-order valence-electron chi connectivity index (χ4n) is 2.03. The smallest absolute Gasteiger partial charge is 0.408 e. The molecule has 0 saturated carbocycles. The molecule has 0 aliphatic rings. The summed E-state index contributed by atoms with van der Waals surface area (Å²) in [6.07, 6.45) is -0.461. The number of rotatable bonds is 6. The Kier molecular flexibility index (Phi) is 7.86. The quantitative estimate of drug-likeness (QED) is 0.534. The van der Waals surface area contributed by atoms with Gasteiger partial charge >= 0.3 is 6.09 Å². The molecule has 0 aromatic heterocycles. The van der Waals surface area contributed by atoms with Crippen molar-refractivity contribution in [3.63, 3.8) is 0 Å². The lowest BCUT2D eigenvalue weighted by molar-refractivity contribution is 0.0474. The van der Waals surface area contributed by atoms with Crippen molar-refractivity contribution in [2.45, 2.75) is 59.2 Å². The molecular weight excluding hydrogens is 335 g/mol. The summed E-state index contributed by atoms with van der Waals surface area (Å²) in [6.45, 7) is 12.8. The molecule has 0 bridgehead atoms. The average Bonchev–Trinajstić information content (AvgIpc) is 2.49. The molecule has 0 aliphatic heterocycles. The van der Waals surface area contributed by atoms with E-state index < -0.39 is 17.2 Å². The van der Waals surface area contributed by atoms with Crippen molar-refractivity contribution in [3.8, 4) is 0 Å². The van der Waals surface area contributed by atoms with Crippen LogP contribution >= 0.6 is 0 Å². The van der Waals surface area contributed by atoms with Gasteiger partial charge < -0.3 is 20.7 Å². The Morgan fingerprint density at radius 1 is 1.12 bits per heavy atom. The van der Waals surface area contributed by atoms with Crippen molar-refractivity contribution in [2.75, 3.05) is 13.1 Å². The van der Waals surface area contributed by atoms with Crippen LogP contribution in [0.2, 0.25) is 0 Å². The summed E-state index contributed by atoms with van der Waals surface area (Å²) in [5.74, 6) is 0.355. The maximum Gasteiger partial charge on any atom is 0.408 e. The molecule has 0 saturated heterocycles. The zero-order valence-corrected chi connectivity index (χ0v) is 16.6. The highest BCUT2D eigenvalue weighted by Gasteiger charge is 2.24. The van der Waals surface area contributed by atoms with Crippen molar-refractivity contribution in [2.24, 2.45) is 4.99 Å². The lowest BCUT2D eigenvalue weighted by atomic mass is 10.1. The van der Waals surface area contributed by atoms with Gasteiger partial charge in [0.2, 0.25) is 0 Å². The molecule has 1 aromatic carbocycles. The van der Waals surface area contributed by atoms with E-state index in [1.165, 1.54) is 12.1 Å². The van der Waals surface area contributed by atoms with Crippen LogP contribution in [-0.4, -0.2) is 36.3 Å². The fourth-order valence-corrected chi connectivity index (χ4v) is 2.03. The molecule has 0 radical (unpaired) electrons. The van der Waals surface area contributed by atoms with Gasteiger partial charge in [-0.1, -0.05) is 12.1 Å². The first-order valence-electron chi connectivity index (χ1n) is 8.78.